The smallest absolute Gasteiger partial charge is 0.238 e. The van der Waals surface area contributed by atoms with Gasteiger partial charge in [0.1, 0.15) is 11.6 Å². The van der Waals surface area contributed by atoms with Crippen LogP contribution in [0.2, 0.25) is 0 Å². The molecule has 2 amide bonds. The number of anilines is 1. The van der Waals surface area contributed by atoms with Crippen LogP contribution in [0.15, 0.2) is 42.5 Å². The molecule has 178 valence electrons. The number of aromatic nitrogens is 2. The van der Waals surface area contributed by atoms with Crippen molar-refractivity contribution in [2.45, 2.75) is 32.2 Å². The Hall–Kier alpha value is -3.39. The molecule has 0 aliphatic carbocycles. The van der Waals surface area contributed by atoms with Gasteiger partial charge < -0.3 is 19.9 Å². The minimum atomic E-state index is -0.0311. The molecule has 1 aromatic heterocycles. The van der Waals surface area contributed by atoms with Crippen molar-refractivity contribution in [2.75, 3.05) is 38.6 Å². The van der Waals surface area contributed by atoms with Crippen molar-refractivity contribution in [3.8, 4) is 5.75 Å². The SMILES string of the molecule is COc1ccc([C@H]2CN(C(C)=O)[C@@H]3CCN(CC(=O)Nc4ccc5nc(C)[nH]c5c4)C[C@H]23)cc1. The van der Waals surface area contributed by atoms with Gasteiger partial charge >= 0.3 is 0 Å². The molecule has 3 atom stereocenters. The number of carbonyl (C=O) groups excluding carboxylic acids is 2. The van der Waals surface area contributed by atoms with E-state index in [1.807, 2.05) is 42.2 Å². The lowest BCUT2D eigenvalue weighted by Crippen LogP contribution is -2.49. The van der Waals surface area contributed by atoms with Gasteiger partial charge in [-0.2, -0.15) is 0 Å². The largest absolute Gasteiger partial charge is 0.497 e. The van der Waals surface area contributed by atoms with E-state index < -0.39 is 0 Å². The molecule has 2 fully saturated rings. The zero-order chi connectivity index (χ0) is 23.8. The second kappa shape index (κ2) is 9.10. The molecule has 8 nitrogen and oxygen atoms in total. The number of benzene rings is 2. The number of ether oxygens (including phenoxy) is 1. The molecule has 34 heavy (non-hydrogen) atoms. The fraction of sp³-hybridized carbons (Fsp3) is 0.423. The molecule has 0 saturated carbocycles. The molecule has 3 aromatic rings. The average molecular weight is 462 g/mol. The number of piperidine rings is 1. The summed E-state index contributed by atoms with van der Waals surface area (Å²) in [5, 5.41) is 3.03. The minimum absolute atomic E-state index is 0.0311. The highest BCUT2D eigenvalue weighted by Crippen LogP contribution is 2.41. The maximum Gasteiger partial charge on any atom is 0.238 e. The van der Waals surface area contributed by atoms with Gasteiger partial charge in [0.25, 0.3) is 0 Å². The monoisotopic (exact) mass is 461 g/mol. The lowest BCUT2D eigenvalue weighted by Gasteiger charge is -2.38. The van der Waals surface area contributed by atoms with Gasteiger partial charge in [-0.3, -0.25) is 14.5 Å². The van der Waals surface area contributed by atoms with E-state index >= 15 is 0 Å². The quantitative estimate of drug-likeness (QED) is 0.609. The highest BCUT2D eigenvalue weighted by Gasteiger charge is 2.46. The highest BCUT2D eigenvalue weighted by atomic mass is 16.5. The number of carbonyl (C=O) groups is 2. The van der Waals surface area contributed by atoms with Crippen LogP contribution in [0.4, 0.5) is 5.69 Å². The first-order valence-corrected chi connectivity index (χ1v) is 11.8. The second-order valence-corrected chi connectivity index (χ2v) is 9.41. The van der Waals surface area contributed by atoms with E-state index in [-0.39, 0.29) is 23.8 Å². The van der Waals surface area contributed by atoms with Gasteiger partial charge in [0.15, 0.2) is 0 Å². The number of imidazole rings is 1. The number of methoxy groups -OCH3 is 1. The summed E-state index contributed by atoms with van der Waals surface area (Å²) in [6.45, 7) is 6.21. The maximum atomic E-state index is 12.9. The van der Waals surface area contributed by atoms with Crippen molar-refractivity contribution in [1.29, 1.82) is 0 Å². The topological polar surface area (TPSA) is 90.6 Å². The van der Waals surface area contributed by atoms with E-state index in [9.17, 15) is 9.59 Å². The molecule has 2 aromatic carbocycles. The molecular weight excluding hydrogens is 430 g/mol. The van der Waals surface area contributed by atoms with E-state index in [0.717, 1.165) is 54.3 Å². The first-order chi connectivity index (χ1) is 16.4. The maximum absolute atomic E-state index is 12.9. The van der Waals surface area contributed by atoms with E-state index in [4.69, 9.17) is 4.74 Å². The molecular formula is C26H31N5O3. The number of nitrogens with zero attached hydrogens (tertiary/aromatic N) is 3. The zero-order valence-electron chi connectivity index (χ0n) is 19.9. The van der Waals surface area contributed by atoms with Crippen molar-refractivity contribution < 1.29 is 14.3 Å². The molecule has 3 heterocycles. The number of rotatable bonds is 5. The Bertz CT molecular complexity index is 1200. The van der Waals surface area contributed by atoms with Crippen LogP contribution in [0.1, 0.15) is 30.7 Å². The zero-order valence-corrected chi connectivity index (χ0v) is 19.9. The van der Waals surface area contributed by atoms with Crippen LogP contribution in [-0.2, 0) is 9.59 Å². The number of aryl methyl sites for hydroxylation is 1. The normalized spacial score (nSPS) is 22.6. The Morgan fingerprint density at radius 2 is 1.97 bits per heavy atom. The third-order valence-electron chi connectivity index (χ3n) is 7.21. The van der Waals surface area contributed by atoms with Gasteiger partial charge in [-0.25, -0.2) is 4.98 Å². The van der Waals surface area contributed by atoms with Crippen LogP contribution < -0.4 is 10.1 Å². The van der Waals surface area contributed by atoms with Crippen LogP contribution in [0.3, 0.4) is 0 Å². The van der Waals surface area contributed by atoms with Gasteiger partial charge in [-0.05, 0) is 49.2 Å². The average Bonchev–Trinajstić information content (AvgIpc) is 3.38. The molecule has 5 rings (SSSR count). The number of nitrogens with one attached hydrogen (secondary N) is 2. The van der Waals surface area contributed by atoms with Crippen LogP contribution in [0, 0.1) is 12.8 Å². The lowest BCUT2D eigenvalue weighted by atomic mass is 9.82. The summed E-state index contributed by atoms with van der Waals surface area (Å²) in [5.74, 6) is 2.31. The van der Waals surface area contributed by atoms with Crippen molar-refractivity contribution >= 4 is 28.5 Å². The summed E-state index contributed by atoms with van der Waals surface area (Å²) in [6.07, 6.45) is 0.879. The standard InChI is InChI=1S/C26H31N5O3/c1-16-27-23-9-6-19(12-24(23)28-16)29-26(33)15-30-11-10-25-22(13-30)21(14-31(25)17(2)32)18-4-7-20(34-3)8-5-18/h4-9,12,21-22,25H,10-11,13-15H2,1-3H3,(H,27,28)(H,29,33)/t21-,22-,25-/m1/s1. The van der Waals surface area contributed by atoms with Crippen LogP contribution >= 0.6 is 0 Å². The van der Waals surface area contributed by atoms with Gasteiger partial charge in [0.2, 0.25) is 11.8 Å². The molecule has 2 aliphatic rings. The predicted molar refractivity (Wildman–Crippen MR) is 131 cm³/mol. The molecule has 2 saturated heterocycles. The van der Waals surface area contributed by atoms with E-state index in [2.05, 4.69) is 32.3 Å². The molecule has 2 N–H and O–H groups in total. The molecule has 0 bridgehead atoms. The highest BCUT2D eigenvalue weighted by molar-refractivity contribution is 5.94. The fourth-order valence-corrected chi connectivity index (χ4v) is 5.63. The molecule has 2 aliphatic heterocycles. The number of fused-ring (bicyclic) bond motifs is 2. The summed E-state index contributed by atoms with van der Waals surface area (Å²) in [7, 11) is 1.66. The van der Waals surface area contributed by atoms with Gasteiger partial charge in [0.05, 0.1) is 24.7 Å². The molecule has 0 spiro atoms. The van der Waals surface area contributed by atoms with Crippen LogP contribution in [0.25, 0.3) is 11.0 Å². The van der Waals surface area contributed by atoms with Gasteiger partial charge in [-0.1, -0.05) is 12.1 Å². The lowest BCUT2D eigenvalue weighted by molar-refractivity contribution is -0.131. The third kappa shape index (κ3) is 4.37. The Morgan fingerprint density at radius 3 is 2.71 bits per heavy atom. The summed E-state index contributed by atoms with van der Waals surface area (Å²) in [6, 6.07) is 14.1. The summed E-state index contributed by atoms with van der Waals surface area (Å²) < 4.78 is 5.31. The molecule has 0 unspecified atom stereocenters. The predicted octanol–water partition coefficient (Wildman–Crippen LogP) is 3.15. The van der Waals surface area contributed by atoms with Crippen LogP contribution in [-0.4, -0.2) is 70.9 Å². The fourth-order valence-electron chi connectivity index (χ4n) is 5.63. The number of hydrogen-bond acceptors (Lipinski definition) is 5. The molecule has 0 radical (unpaired) electrons. The van der Waals surface area contributed by atoms with Crippen molar-refractivity contribution in [3.05, 3.63) is 53.9 Å². The molecule has 8 heteroatoms. The van der Waals surface area contributed by atoms with Crippen molar-refractivity contribution in [2.24, 2.45) is 5.92 Å². The first kappa shape index (κ1) is 22.4. The number of amides is 2. The summed E-state index contributed by atoms with van der Waals surface area (Å²) >= 11 is 0. The Labute approximate surface area is 199 Å². The first-order valence-electron chi connectivity index (χ1n) is 11.8. The van der Waals surface area contributed by atoms with Gasteiger partial charge in [-0.15, -0.1) is 0 Å². The second-order valence-electron chi connectivity index (χ2n) is 9.41. The number of H-pyrrole nitrogens is 1. The van der Waals surface area contributed by atoms with E-state index in [1.165, 1.54) is 5.56 Å². The third-order valence-corrected chi connectivity index (χ3v) is 7.21. The Morgan fingerprint density at radius 1 is 1.18 bits per heavy atom. The summed E-state index contributed by atoms with van der Waals surface area (Å²) in [4.78, 5) is 37.1. The van der Waals surface area contributed by atoms with E-state index in [0.29, 0.717) is 12.5 Å². The minimum Gasteiger partial charge on any atom is -0.497 e. The Balaban J connectivity index is 1.27. The Kier molecular flexibility index (Phi) is 6.00. The van der Waals surface area contributed by atoms with Crippen molar-refractivity contribution in [1.82, 2.24) is 19.8 Å². The summed E-state index contributed by atoms with van der Waals surface area (Å²) in [5.41, 5.74) is 3.77. The van der Waals surface area contributed by atoms with Crippen LogP contribution in [0.5, 0.6) is 5.75 Å². The van der Waals surface area contributed by atoms with Gasteiger partial charge in [0, 0.05) is 50.1 Å². The van der Waals surface area contributed by atoms with Crippen molar-refractivity contribution in [3.63, 3.8) is 0 Å². The number of likely N-dealkylation sites (tertiary alicyclic amines) is 2. The van der Waals surface area contributed by atoms with E-state index in [1.54, 1.807) is 14.0 Å². The number of hydrogen-bond donors (Lipinski definition) is 2. The number of aromatic amines is 1.